The van der Waals surface area contributed by atoms with E-state index < -0.39 is 11.6 Å². The molecule has 1 fully saturated rings. The summed E-state index contributed by atoms with van der Waals surface area (Å²) in [6.07, 6.45) is 3.88. The van der Waals surface area contributed by atoms with Gasteiger partial charge in [0.2, 0.25) is 0 Å². The molecule has 1 atom stereocenters. The first kappa shape index (κ1) is 14.4. The fourth-order valence-electron chi connectivity index (χ4n) is 2.57. The Bertz CT molecular complexity index is 403. The molecule has 1 aromatic rings. The van der Waals surface area contributed by atoms with E-state index in [1.54, 1.807) is 0 Å². The summed E-state index contributed by atoms with van der Waals surface area (Å²) in [5, 5.41) is 3.25. The molecule has 2 nitrogen and oxygen atoms in total. The summed E-state index contributed by atoms with van der Waals surface area (Å²) >= 11 is 0. The van der Waals surface area contributed by atoms with Crippen LogP contribution in [-0.4, -0.2) is 30.6 Å². The predicted octanol–water partition coefficient (Wildman–Crippen LogP) is 2.93. The highest BCUT2D eigenvalue weighted by Gasteiger charge is 2.16. The number of hydrogen-bond acceptors (Lipinski definition) is 2. The quantitative estimate of drug-likeness (QED) is 0.883. The fraction of sp³-hybridized carbons (Fsp3) is 0.600. The molecule has 1 saturated heterocycles. The van der Waals surface area contributed by atoms with Crippen molar-refractivity contribution >= 4 is 0 Å². The van der Waals surface area contributed by atoms with E-state index in [4.69, 9.17) is 0 Å². The number of halogens is 2. The van der Waals surface area contributed by atoms with Crippen LogP contribution in [0.2, 0.25) is 0 Å². The Hall–Kier alpha value is -1.00. The number of nitrogens with one attached hydrogen (secondary N) is 1. The fourth-order valence-corrected chi connectivity index (χ4v) is 2.57. The van der Waals surface area contributed by atoms with Gasteiger partial charge in [0.25, 0.3) is 0 Å². The van der Waals surface area contributed by atoms with Crippen molar-refractivity contribution in [3.05, 3.63) is 35.4 Å². The second-order valence-corrected chi connectivity index (χ2v) is 5.31. The monoisotopic (exact) mass is 268 g/mol. The third-order valence-electron chi connectivity index (χ3n) is 3.78. The maximum Gasteiger partial charge on any atom is 0.130 e. The van der Waals surface area contributed by atoms with Gasteiger partial charge >= 0.3 is 0 Å². The van der Waals surface area contributed by atoms with Crippen LogP contribution in [0.25, 0.3) is 0 Å². The van der Waals surface area contributed by atoms with Gasteiger partial charge in [-0.25, -0.2) is 8.78 Å². The van der Waals surface area contributed by atoms with Crippen molar-refractivity contribution in [3.63, 3.8) is 0 Å². The van der Waals surface area contributed by atoms with Crippen LogP contribution in [0.3, 0.4) is 0 Å². The summed E-state index contributed by atoms with van der Waals surface area (Å²) < 4.78 is 26.2. The lowest BCUT2D eigenvalue weighted by Gasteiger charge is -2.32. The molecule has 1 aromatic carbocycles. The molecule has 1 aliphatic heterocycles. The van der Waals surface area contributed by atoms with E-state index in [1.807, 2.05) is 0 Å². The largest absolute Gasteiger partial charge is 0.311 e. The smallest absolute Gasteiger partial charge is 0.130 e. The van der Waals surface area contributed by atoms with Crippen molar-refractivity contribution in [1.29, 1.82) is 0 Å². The molecule has 1 N–H and O–H groups in total. The molecule has 0 radical (unpaired) electrons. The summed E-state index contributed by atoms with van der Waals surface area (Å²) in [6.45, 7) is 5.79. The molecular weight excluding hydrogens is 246 g/mol. The molecule has 0 amide bonds. The first-order valence-corrected chi connectivity index (χ1v) is 7.05. The summed E-state index contributed by atoms with van der Waals surface area (Å²) in [6, 6.07) is 4.20. The average Bonchev–Trinajstić information content (AvgIpc) is 2.42. The predicted molar refractivity (Wildman–Crippen MR) is 73.0 cm³/mol. The van der Waals surface area contributed by atoms with Gasteiger partial charge in [0.1, 0.15) is 11.6 Å². The molecule has 0 aliphatic carbocycles. The minimum atomic E-state index is -0.525. The molecule has 0 spiro atoms. The Balaban J connectivity index is 1.76. The van der Waals surface area contributed by atoms with Crippen LogP contribution in [0.5, 0.6) is 0 Å². The molecule has 1 heterocycles. The minimum absolute atomic E-state index is 0.449. The van der Waals surface area contributed by atoms with Gasteiger partial charge in [0.05, 0.1) is 0 Å². The van der Waals surface area contributed by atoms with Crippen molar-refractivity contribution in [3.8, 4) is 0 Å². The topological polar surface area (TPSA) is 15.3 Å². The Morgan fingerprint density at radius 2 is 1.95 bits per heavy atom. The lowest BCUT2D eigenvalue weighted by Crippen LogP contribution is -2.43. The molecule has 2 rings (SSSR count). The summed E-state index contributed by atoms with van der Waals surface area (Å²) in [7, 11) is 0. The number of likely N-dealkylation sites (tertiary alicyclic amines) is 1. The average molecular weight is 268 g/mol. The van der Waals surface area contributed by atoms with E-state index in [-0.39, 0.29) is 0 Å². The molecular formula is C15H22F2N2. The van der Waals surface area contributed by atoms with Gasteiger partial charge in [-0.05, 0) is 38.9 Å². The second-order valence-electron chi connectivity index (χ2n) is 5.31. The second kappa shape index (κ2) is 6.96. The van der Waals surface area contributed by atoms with E-state index in [1.165, 1.54) is 31.4 Å². The van der Waals surface area contributed by atoms with E-state index >= 15 is 0 Å². The zero-order valence-electron chi connectivity index (χ0n) is 11.5. The first-order chi connectivity index (χ1) is 9.16. The summed E-state index contributed by atoms with van der Waals surface area (Å²) in [5.74, 6) is -0.999. The van der Waals surface area contributed by atoms with Crippen LogP contribution in [0.15, 0.2) is 18.2 Å². The number of piperidine rings is 1. The van der Waals surface area contributed by atoms with E-state index in [0.717, 1.165) is 25.7 Å². The van der Waals surface area contributed by atoms with Gasteiger partial charge in [0, 0.05) is 30.8 Å². The van der Waals surface area contributed by atoms with E-state index in [9.17, 15) is 8.78 Å². The molecule has 1 aliphatic rings. The van der Waals surface area contributed by atoms with E-state index in [0.29, 0.717) is 18.2 Å². The SMILES string of the molecule is CC(CNCc1ccc(F)cc1F)N1CCCCC1. The van der Waals surface area contributed by atoms with Gasteiger partial charge < -0.3 is 5.32 Å². The van der Waals surface area contributed by atoms with Crippen molar-refractivity contribution in [1.82, 2.24) is 10.2 Å². The molecule has 0 bridgehead atoms. The zero-order valence-corrected chi connectivity index (χ0v) is 11.5. The van der Waals surface area contributed by atoms with Crippen LogP contribution >= 0.6 is 0 Å². The highest BCUT2D eigenvalue weighted by molar-refractivity contribution is 5.18. The van der Waals surface area contributed by atoms with Crippen LogP contribution in [0.4, 0.5) is 8.78 Å². The normalized spacial score (nSPS) is 18.5. The van der Waals surface area contributed by atoms with Crippen LogP contribution in [-0.2, 0) is 6.54 Å². The molecule has 4 heteroatoms. The number of benzene rings is 1. The lowest BCUT2D eigenvalue weighted by atomic mass is 10.1. The molecule has 0 saturated carbocycles. The van der Waals surface area contributed by atoms with Crippen molar-refractivity contribution < 1.29 is 8.78 Å². The third-order valence-corrected chi connectivity index (χ3v) is 3.78. The van der Waals surface area contributed by atoms with Crippen molar-refractivity contribution in [2.75, 3.05) is 19.6 Å². The van der Waals surface area contributed by atoms with Gasteiger partial charge in [-0.1, -0.05) is 12.5 Å². The Labute approximate surface area is 113 Å². The summed E-state index contributed by atoms with van der Waals surface area (Å²) in [4.78, 5) is 2.47. The van der Waals surface area contributed by atoms with Crippen molar-refractivity contribution in [2.45, 2.75) is 38.8 Å². The van der Waals surface area contributed by atoms with Crippen LogP contribution in [0, 0.1) is 11.6 Å². The Morgan fingerprint density at radius 3 is 2.63 bits per heavy atom. The van der Waals surface area contributed by atoms with E-state index in [2.05, 4.69) is 17.1 Å². The molecule has 1 unspecified atom stereocenters. The van der Waals surface area contributed by atoms with Crippen molar-refractivity contribution in [2.24, 2.45) is 0 Å². The number of rotatable bonds is 5. The zero-order chi connectivity index (χ0) is 13.7. The highest BCUT2D eigenvalue weighted by Crippen LogP contribution is 2.12. The maximum absolute atomic E-state index is 13.4. The van der Waals surface area contributed by atoms with Gasteiger partial charge in [0.15, 0.2) is 0 Å². The molecule has 0 aromatic heterocycles. The lowest BCUT2D eigenvalue weighted by molar-refractivity contribution is 0.170. The van der Waals surface area contributed by atoms with Gasteiger partial charge in [-0.2, -0.15) is 0 Å². The maximum atomic E-state index is 13.4. The Morgan fingerprint density at radius 1 is 1.21 bits per heavy atom. The minimum Gasteiger partial charge on any atom is -0.311 e. The third kappa shape index (κ3) is 4.25. The standard InChI is InChI=1S/C15H22F2N2/c1-12(19-7-3-2-4-8-19)10-18-11-13-5-6-14(16)9-15(13)17/h5-6,9,12,18H,2-4,7-8,10-11H2,1H3. The molecule has 19 heavy (non-hydrogen) atoms. The van der Waals surface area contributed by atoms with Crippen LogP contribution < -0.4 is 5.32 Å². The number of nitrogens with zero attached hydrogens (tertiary/aromatic N) is 1. The van der Waals surface area contributed by atoms with Gasteiger partial charge in [-0.15, -0.1) is 0 Å². The number of hydrogen-bond donors (Lipinski definition) is 1. The van der Waals surface area contributed by atoms with Crippen LogP contribution in [0.1, 0.15) is 31.7 Å². The summed E-state index contributed by atoms with van der Waals surface area (Å²) in [5.41, 5.74) is 0.521. The Kier molecular flexibility index (Phi) is 5.28. The first-order valence-electron chi connectivity index (χ1n) is 7.05. The van der Waals surface area contributed by atoms with Gasteiger partial charge in [-0.3, -0.25) is 4.90 Å². The molecule has 106 valence electrons. The highest BCUT2D eigenvalue weighted by atomic mass is 19.1.